The summed E-state index contributed by atoms with van der Waals surface area (Å²) in [6.45, 7) is 0. The number of carbonyl (C=O) groups excluding carboxylic acids is 2. The summed E-state index contributed by atoms with van der Waals surface area (Å²) < 4.78 is 10.4. The average molecular weight is 401 g/mol. The van der Waals surface area contributed by atoms with Crippen LogP contribution >= 0.6 is 0 Å². The Morgan fingerprint density at radius 3 is 2.27 bits per heavy atom. The van der Waals surface area contributed by atoms with Crippen LogP contribution in [0, 0.1) is 0 Å². The number of hydrogen-bond donors (Lipinski definition) is 1. The zero-order valence-electron chi connectivity index (χ0n) is 15.5. The molecule has 2 heterocycles. The molecule has 0 spiro atoms. The molecule has 2 aromatic carbocycles. The van der Waals surface area contributed by atoms with Gasteiger partial charge in [0.2, 0.25) is 12.0 Å². The molecule has 4 rings (SSSR count). The van der Waals surface area contributed by atoms with Crippen molar-refractivity contribution in [1.29, 1.82) is 0 Å². The van der Waals surface area contributed by atoms with Crippen molar-refractivity contribution >= 4 is 29.5 Å². The average Bonchev–Trinajstić information content (AvgIpc) is 3.42. The second-order valence-corrected chi connectivity index (χ2v) is 6.46. The van der Waals surface area contributed by atoms with Gasteiger partial charge in [0.25, 0.3) is 0 Å². The summed E-state index contributed by atoms with van der Waals surface area (Å²) in [5, 5.41) is 8.95. The lowest BCUT2D eigenvalue weighted by atomic mass is 10.1. The molecule has 3 aromatic rings. The normalized spacial score (nSPS) is 15.8. The molecular formula is C23H15NO6. The van der Waals surface area contributed by atoms with Crippen LogP contribution in [0.15, 0.2) is 82.4 Å². The Balaban J connectivity index is 1.46. The third-order valence-electron chi connectivity index (χ3n) is 4.48. The monoisotopic (exact) mass is 401 g/mol. The molecule has 1 N–H and O–H groups in total. The van der Waals surface area contributed by atoms with Crippen molar-refractivity contribution in [3.63, 3.8) is 0 Å². The zero-order chi connectivity index (χ0) is 21.1. The van der Waals surface area contributed by atoms with E-state index < -0.39 is 18.2 Å². The predicted molar refractivity (Wildman–Crippen MR) is 107 cm³/mol. The molecule has 0 aliphatic carbocycles. The van der Waals surface area contributed by atoms with Gasteiger partial charge in [-0.1, -0.05) is 42.5 Å². The first kappa shape index (κ1) is 19.1. The zero-order valence-corrected chi connectivity index (χ0v) is 15.5. The molecule has 7 nitrogen and oxygen atoms in total. The highest BCUT2D eigenvalue weighted by Gasteiger charge is 2.27. The minimum Gasteiger partial charge on any atom is -0.478 e. The number of aliphatic imine (C=N–C) groups is 1. The molecule has 1 unspecified atom stereocenters. The lowest BCUT2D eigenvalue weighted by Gasteiger charge is -2.06. The second kappa shape index (κ2) is 8.00. The number of carboxylic acid groups (broad SMARTS) is 1. The second-order valence-electron chi connectivity index (χ2n) is 6.46. The van der Waals surface area contributed by atoms with E-state index in [0.717, 1.165) is 5.56 Å². The van der Waals surface area contributed by atoms with Gasteiger partial charge in [-0.05, 0) is 35.9 Å². The maximum atomic E-state index is 12.2. The summed E-state index contributed by atoms with van der Waals surface area (Å²) >= 11 is 0. The van der Waals surface area contributed by atoms with Crippen LogP contribution < -0.4 is 0 Å². The summed E-state index contributed by atoms with van der Waals surface area (Å²) in [7, 11) is 0. The van der Waals surface area contributed by atoms with Crippen molar-refractivity contribution in [2.24, 2.45) is 4.99 Å². The molecule has 148 valence electrons. The third-order valence-corrected chi connectivity index (χ3v) is 4.48. The van der Waals surface area contributed by atoms with Crippen LogP contribution in [0.3, 0.4) is 0 Å². The molecule has 1 aromatic heterocycles. The third kappa shape index (κ3) is 3.95. The van der Waals surface area contributed by atoms with Gasteiger partial charge in [-0.3, -0.25) is 4.79 Å². The quantitative estimate of drug-likeness (QED) is 0.496. The Hall–Kier alpha value is -4.26. The van der Waals surface area contributed by atoms with E-state index in [1.807, 2.05) is 0 Å². The lowest BCUT2D eigenvalue weighted by Crippen LogP contribution is -2.07. The molecule has 30 heavy (non-hydrogen) atoms. The number of aromatic carboxylic acids is 1. The number of benzene rings is 2. The highest BCUT2D eigenvalue weighted by Crippen LogP contribution is 2.25. The van der Waals surface area contributed by atoms with Gasteiger partial charge in [0.15, 0.2) is 5.76 Å². The minimum atomic E-state index is -1.03. The molecule has 0 amide bonds. The Labute approximate surface area is 170 Å². The maximum Gasteiger partial charge on any atom is 0.358 e. The van der Waals surface area contributed by atoms with Crippen molar-refractivity contribution in [1.82, 2.24) is 0 Å². The fourth-order valence-corrected chi connectivity index (χ4v) is 2.88. The fourth-order valence-electron chi connectivity index (χ4n) is 2.88. The van der Waals surface area contributed by atoms with Crippen LogP contribution in [0.5, 0.6) is 0 Å². The van der Waals surface area contributed by atoms with Gasteiger partial charge in [0.05, 0.1) is 11.8 Å². The number of furan rings is 1. The van der Waals surface area contributed by atoms with Crippen molar-refractivity contribution < 1.29 is 28.6 Å². The van der Waals surface area contributed by atoms with E-state index in [0.29, 0.717) is 11.1 Å². The van der Waals surface area contributed by atoms with E-state index in [4.69, 9.17) is 14.3 Å². The molecule has 0 radical (unpaired) electrons. The minimum absolute atomic E-state index is 0.140. The van der Waals surface area contributed by atoms with Gasteiger partial charge < -0.3 is 14.3 Å². The van der Waals surface area contributed by atoms with Gasteiger partial charge in [-0.15, -0.1) is 0 Å². The van der Waals surface area contributed by atoms with E-state index in [1.54, 1.807) is 54.6 Å². The molecule has 1 aliphatic rings. The van der Waals surface area contributed by atoms with Crippen LogP contribution in [0.1, 0.15) is 43.8 Å². The van der Waals surface area contributed by atoms with Crippen molar-refractivity contribution in [2.45, 2.75) is 6.23 Å². The number of hydrogen-bond acceptors (Lipinski definition) is 6. The van der Waals surface area contributed by atoms with Crippen LogP contribution in [-0.2, 0) is 9.53 Å². The largest absolute Gasteiger partial charge is 0.478 e. The molecule has 1 aliphatic heterocycles. The smallest absolute Gasteiger partial charge is 0.358 e. The number of rotatable bonds is 6. The van der Waals surface area contributed by atoms with Crippen LogP contribution in [-0.4, -0.2) is 28.5 Å². The molecule has 0 bridgehead atoms. The highest BCUT2D eigenvalue weighted by atomic mass is 16.6. The summed E-state index contributed by atoms with van der Waals surface area (Å²) in [5.41, 5.74) is 2.14. The number of ketones is 1. The SMILES string of the molecule is O=C1OC(c2ccc(C(=O)O)cc2)N=C1/C=C/c1ccc(C(=O)c2ccco2)cc1. The van der Waals surface area contributed by atoms with Gasteiger partial charge in [0, 0.05) is 11.1 Å². The maximum absolute atomic E-state index is 12.2. The Morgan fingerprint density at radius 1 is 0.933 bits per heavy atom. The standard InChI is InChI=1S/C23H15NO6/c25-20(19-2-1-13-29-19)15-6-3-14(4-7-15)5-12-18-23(28)30-21(24-18)16-8-10-17(11-9-16)22(26)27/h1-13,21H,(H,26,27)/b12-5+. The number of nitrogens with zero attached hydrogens (tertiary/aromatic N) is 1. The van der Waals surface area contributed by atoms with Crippen LogP contribution in [0.25, 0.3) is 6.08 Å². The first-order chi connectivity index (χ1) is 14.5. The first-order valence-electron chi connectivity index (χ1n) is 8.99. The molecule has 1 atom stereocenters. The number of esters is 1. The van der Waals surface area contributed by atoms with Crippen LogP contribution in [0.4, 0.5) is 0 Å². The molecule has 7 heteroatoms. The van der Waals surface area contributed by atoms with E-state index in [2.05, 4.69) is 4.99 Å². The topological polar surface area (TPSA) is 106 Å². The highest BCUT2D eigenvalue weighted by molar-refractivity contribution is 6.43. The number of carboxylic acids is 1. The Bertz CT molecular complexity index is 1160. The van der Waals surface area contributed by atoms with Gasteiger partial charge >= 0.3 is 11.9 Å². The lowest BCUT2D eigenvalue weighted by molar-refractivity contribution is -0.137. The van der Waals surface area contributed by atoms with Crippen molar-refractivity contribution in [3.05, 3.63) is 101 Å². The van der Waals surface area contributed by atoms with Crippen molar-refractivity contribution in [2.75, 3.05) is 0 Å². The molecular weight excluding hydrogens is 386 g/mol. The predicted octanol–water partition coefficient (Wildman–Crippen LogP) is 3.92. The first-order valence-corrected chi connectivity index (χ1v) is 8.99. The molecule has 0 saturated heterocycles. The van der Waals surface area contributed by atoms with E-state index in [9.17, 15) is 14.4 Å². The summed E-state index contributed by atoms with van der Waals surface area (Å²) in [4.78, 5) is 39.5. The number of ether oxygens (including phenoxy) is 1. The summed E-state index contributed by atoms with van der Waals surface area (Å²) in [6.07, 6.45) is 3.86. The van der Waals surface area contributed by atoms with Gasteiger partial charge in [-0.2, -0.15) is 0 Å². The summed E-state index contributed by atoms with van der Waals surface area (Å²) in [6, 6.07) is 16.1. The van der Waals surface area contributed by atoms with E-state index in [1.165, 1.54) is 24.5 Å². The molecule has 0 fully saturated rings. The molecule has 0 saturated carbocycles. The Morgan fingerprint density at radius 2 is 1.63 bits per heavy atom. The van der Waals surface area contributed by atoms with Crippen molar-refractivity contribution in [3.8, 4) is 0 Å². The fraction of sp³-hybridized carbons (Fsp3) is 0.0435. The Kier molecular flexibility index (Phi) is 5.09. The summed E-state index contributed by atoms with van der Waals surface area (Å²) in [5.74, 6) is -1.54. The van der Waals surface area contributed by atoms with E-state index in [-0.39, 0.29) is 22.8 Å². The van der Waals surface area contributed by atoms with Gasteiger partial charge in [0.1, 0.15) is 5.71 Å². The number of cyclic esters (lactones) is 1. The van der Waals surface area contributed by atoms with Gasteiger partial charge in [-0.25, -0.2) is 14.6 Å². The van der Waals surface area contributed by atoms with E-state index >= 15 is 0 Å². The number of carbonyl (C=O) groups is 3. The van der Waals surface area contributed by atoms with Crippen LogP contribution in [0.2, 0.25) is 0 Å².